The van der Waals surface area contributed by atoms with Gasteiger partial charge in [-0.3, -0.25) is 24.0 Å². The number of ketones is 5. The fourth-order valence-corrected chi connectivity index (χ4v) is 5.80. The van der Waals surface area contributed by atoms with E-state index in [2.05, 4.69) is 9.80 Å². The van der Waals surface area contributed by atoms with Gasteiger partial charge in [0.25, 0.3) is 0 Å². The predicted molar refractivity (Wildman–Crippen MR) is 158 cm³/mol. The van der Waals surface area contributed by atoms with E-state index in [1.54, 1.807) is 24.3 Å². The minimum absolute atomic E-state index is 0. The number of halogens is 2. The Morgan fingerprint density at radius 2 is 0.925 bits per heavy atom. The molecular weight excluding hydrogens is 551 g/mol. The highest BCUT2D eigenvalue weighted by Gasteiger charge is 2.30. The first kappa shape index (κ1) is 31.8. The summed E-state index contributed by atoms with van der Waals surface area (Å²) in [5, 5.41) is 0. The lowest BCUT2D eigenvalue weighted by Gasteiger charge is -2.25. The molecule has 5 rings (SSSR count). The van der Waals surface area contributed by atoms with Gasteiger partial charge in [-0.05, 0) is 75.1 Å². The van der Waals surface area contributed by atoms with Gasteiger partial charge in [0.15, 0.2) is 5.78 Å². The molecule has 2 heterocycles. The highest BCUT2D eigenvalue weighted by molar-refractivity contribution is 6.45. The fourth-order valence-electron chi connectivity index (χ4n) is 5.80. The lowest BCUT2D eigenvalue weighted by atomic mass is 9.98. The highest BCUT2D eigenvalue weighted by atomic mass is 35.5. The number of hydrogen-bond acceptors (Lipinski definition) is 7. The van der Waals surface area contributed by atoms with E-state index in [0.29, 0.717) is 35.3 Å². The number of hydrogen-bond donors (Lipinski definition) is 0. The van der Waals surface area contributed by atoms with Crippen molar-refractivity contribution in [3.05, 3.63) is 58.7 Å². The molecule has 1 aliphatic carbocycles. The average Bonchev–Trinajstić information content (AvgIpc) is 3.25. The maximum Gasteiger partial charge on any atom is 0.228 e. The highest BCUT2D eigenvalue weighted by Crippen LogP contribution is 2.37. The Balaban J connectivity index is 0.00000220. The summed E-state index contributed by atoms with van der Waals surface area (Å²) in [6, 6.07) is 9.54. The first-order chi connectivity index (χ1) is 18.4. The maximum atomic E-state index is 13.2. The van der Waals surface area contributed by atoms with Gasteiger partial charge in [0.2, 0.25) is 23.1 Å². The number of carbonyl (C=O) groups is 5. The summed E-state index contributed by atoms with van der Waals surface area (Å²) < 4.78 is 0. The number of nitrogens with zero attached hydrogens (tertiary/aromatic N) is 2. The Morgan fingerprint density at radius 1 is 0.550 bits per heavy atom. The first-order valence-corrected chi connectivity index (χ1v) is 13.9. The summed E-state index contributed by atoms with van der Waals surface area (Å²) >= 11 is 0. The van der Waals surface area contributed by atoms with E-state index < -0.39 is 23.1 Å². The standard InChI is InChI=1S/C31H34N2O5.2ClH/c34-27(11-17-32-13-3-1-4-14-32)29(36)21-7-9-23-24-10-8-22(20-26(24)31(38)25(23)19-21)30(37)28(35)12-18-33-15-5-2-6-16-33;;/h7-10,19-20H,1-6,11-18H2;2*1H. The van der Waals surface area contributed by atoms with Gasteiger partial charge in [0.05, 0.1) is 0 Å². The molecule has 0 amide bonds. The van der Waals surface area contributed by atoms with Crippen LogP contribution in [0.15, 0.2) is 36.4 Å². The van der Waals surface area contributed by atoms with E-state index in [0.717, 1.165) is 51.9 Å². The zero-order valence-corrected chi connectivity index (χ0v) is 24.2. The van der Waals surface area contributed by atoms with Crippen molar-refractivity contribution in [3.63, 3.8) is 0 Å². The maximum absolute atomic E-state index is 13.2. The van der Waals surface area contributed by atoms with Crippen LogP contribution in [0.2, 0.25) is 0 Å². The smallest absolute Gasteiger partial charge is 0.228 e. The minimum atomic E-state index is -0.580. The Morgan fingerprint density at radius 3 is 1.30 bits per heavy atom. The monoisotopic (exact) mass is 586 g/mol. The second-order valence-corrected chi connectivity index (χ2v) is 10.7. The third-order valence-electron chi connectivity index (χ3n) is 8.06. The van der Waals surface area contributed by atoms with Crippen molar-refractivity contribution in [2.75, 3.05) is 39.3 Å². The molecular formula is C31H36Cl2N2O5. The Hall–Kier alpha value is -2.71. The van der Waals surface area contributed by atoms with Crippen LogP contribution in [0.3, 0.4) is 0 Å². The third-order valence-corrected chi connectivity index (χ3v) is 8.06. The second-order valence-electron chi connectivity index (χ2n) is 10.7. The predicted octanol–water partition coefficient (Wildman–Crippen LogP) is 5.00. The van der Waals surface area contributed by atoms with Gasteiger partial charge in [-0.1, -0.05) is 37.1 Å². The van der Waals surface area contributed by atoms with Gasteiger partial charge in [-0.15, -0.1) is 24.8 Å². The quantitative estimate of drug-likeness (QED) is 0.244. The lowest BCUT2D eigenvalue weighted by Crippen LogP contribution is -2.32. The number of carbonyl (C=O) groups excluding carboxylic acids is 5. The van der Waals surface area contributed by atoms with Gasteiger partial charge in [0, 0.05) is 48.2 Å². The van der Waals surface area contributed by atoms with Crippen molar-refractivity contribution in [2.24, 2.45) is 0 Å². The van der Waals surface area contributed by atoms with Crippen molar-refractivity contribution in [3.8, 4) is 11.1 Å². The fraction of sp³-hybridized carbons (Fsp3) is 0.452. The molecule has 2 aromatic carbocycles. The SMILES string of the molecule is Cl.Cl.O=C(CCN1CCCCC1)C(=O)c1ccc2c(c1)C(=O)c1cc(C(=O)C(=O)CCN3CCCCC3)ccc1-2. The van der Waals surface area contributed by atoms with E-state index in [1.165, 1.54) is 25.0 Å². The van der Waals surface area contributed by atoms with Gasteiger partial charge in [-0.25, -0.2) is 0 Å². The van der Waals surface area contributed by atoms with Crippen molar-refractivity contribution in [1.29, 1.82) is 0 Å². The van der Waals surface area contributed by atoms with Gasteiger partial charge >= 0.3 is 0 Å². The largest absolute Gasteiger partial charge is 0.303 e. The Labute approximate surface area is 247 Å². The average molecular weight is 588 g/mol. The zero-order chi connectivity index (χ0) is 26.6. The van der Waals surface area contributed by atoms with Crippen LogP contribution >= 0.6 is 24.8 Å². The number of fused-ring (bicyclic) bond motifs is 3. The summed E-state index contributed by atoms with van der Waals surface area (Å²) in [7, 11) is 0. The van der Waals surface area contributed by atoms with Crippen molar-refractivity contribution in [1.82, 2.24) is 9.80 Å². The zero-order valence-electron chi connectivity index (χ0n) is 22.6. The Kier molecular flexibility index (Phi) is 11.3. The molecule has 0 N–H and O–H groups in total. The third kappa shape index (κ3) is 6.95. The molecule has 7 nitrogen and oxygen atoms in total. The lowest BCUT2D eigenvalue weighted by molar-refractivity contribution is -0.116. The molecule has 0 saturated carbocycles. The van der Waals surface area contributed by atoms with Gasteiger partial charge in [-0.2, -0.15) is 0 Å². The topological polar surface area (TPSA) is 91.8 Å². The van der Waals surface area contributed by atoms with Crippen LogP contribution in [-0.4, -0.2) is 78.0 Å². The van der Waals surface area contributed by atoms with Crippen LogP contribution in [-0.2, 0) is 9.59 Å². The number of benzene rings is 2. The molecule has 0 atom stereocenters. The number of rotatable bonds is 10. The van der Waals surface area contributed by atoms with Crippen molar-refractivity contribution < 1.29 is 24.0 Å². The summed E-state index contributed by atoms with van der Waals surface area (Å²) in [6.07, 6.45) is 7.23. The number of Topliss-reactive ketones (excluding diaryl/α,β-unsaturated/α-hetero) is 4. The molecule has 0 unspecified atom stereocenters. The summed E-state index contributed by atoms with van der Waals surface area (Å²) in [5.74, 6) is -2.36. The minimum Gasteiger partial charge on any atom is -0.303 e. The molecule has 3 aliphatic rings. The Bertz CT molecular complexity index is 1200. The molecule has 0 bridgehead atoms. The van der Waals surface area contributed by atoms with Crippen LogP contribution in [0, 0.1) is 0 Å². The number of piperidine rings is 2. The van der Waals surface area contributed by atoms with Crippen molar-refractivity contribution >= 4 is 53.7 Å². The molecule has 0 aromatic heterocycles. The van der Waals surface area contributed by atoms with E-state index in [-0.39, 0.29) is 54.6 Å². The number of likely N-dealkylation sites (tertiary alicyclic amines) is 2. The second kappa shape index (κ2) is 14.3. The molecule has 2 saturated heterocycles. The summed E-state index contributed by atoms with van der Waals surface area (Å²) in [4.78, 5) is 68.5. The molecule has 2 aromatic rings. The first-order valence-electron chi connectivity index (χ1n) is 13.9. The summed E-state index contributed by atoms with van der Waals surface area (Å²) in [6.45, 7) is 4.99. The molecule has 40 heavy (non-hydrogen) atoms. The van der Waals surface area contributed by atoms with Crippen LogP contribution in [0.1, 0.15) is 88.0 Å². The molecule has 0 spiro atoms. The van der Waals surface area contributed by atoms with Crippen LogP contribution in [0.25, 0.3) is 11.1 Å². The van der Waals surface area contributed by atoms with Crippen LogP contribution in [0.5, 0.6) is 0 Å². The van der Waals surface area contributed by atoms with E-state index >= 15 is 0 Å². The van der Waals surface area contributed by atoms with E-state index in [9.17, 15) is 24.0 Å². The van der Waals surface area contributed by atoms with Crippen LogP contribution in [0.4, 0.5) is 0 Å². The van der Waals surface area contributed by atoms with Gasteiger partial charge in [0.1, 0.15) is 0 Å². The van der Waals surface area contributed by atoms with Gasteiger partial charge < -0.3 is 9.80 Å². The molecule has 9 heteroatoms. The summed E-state index contributed by atoms with van der Waals surface area (Å²) in [5.41, 5.74) is 2.43. The normalized spacial score (nSPS) is 16.8. The molecule has 214 valence electrons. The van der Waals surface area contributed by atoms with E-state index in [1.807, 2.05) is 0 Å². The molecule has 0 radical (unpaired) electrons. The molecule has 2 aliphatic heterocycles. The molecule has 2 fully saturated rings. The van der Waals surface area contributed by atoms with E-state index in [4.69, 9.17) is 0 Å². The van der Waals surface area contributed by atoms with Crippen LogP contribution < -0.4 is 0 Å². The van der Waals surface area contributed by atoms with Crippen molar-refractivity contribution in [2.45, 2.75) is 51.4 Å².